The van der Waals surface area contributed by atoms with E-state index in [0.29, 0.717) is 34.0 Å². The Morgan fingerprint density at radius 3 is 2.69 bits per heavy atom. The Morgan fingerprint density at radius 1 is 1.21 bits per heavy atom. The number of benzene rings is 1. The van der Waals surface area contributed by atoms with Crippen molar-refractivity contribution < 1.29 is 24.9 Å². The summed E-state index contributed by atoms with van der Waals surface area (Å²) in [5.41, 5.74) is 3.75. The van der Waals surface area contributed by atoms with Crippen LogP contribution in [0, 0.1) is 0 Å². The SMILES string of the molecule is CCONc1ncnc2c1ccn2[C@@H]1O[C@H]([C@H](O)c2ccc(Cl)cc2)[C@@H](O)[C@H]1O. The fourth-order valence-corrected chi connectivity index (χ4v) is 3.55. The van der Waals surface area contributed by atoms with Crippen LogP contribution in [0.1, 0.15) is 24.8 Å². The molecule has 2 aromatic heterocycles. The standard InChI is InChI=1S/C19H21ClN4O5/c1-2-28-23-17-12-7-8-24(18(12)22-9-21-17)19-15(27)14(26)16(29-19)13(25)10-3-5-11(20)6-4-10/h3-9,13-16,19,25-27H,2H2,1H3,(H,21,22,23)/t13-,14+,15-,16-,19-/m1/s1. The largest absolute Gasteiger partial charge is 0.387 e. The predicted molar refractivity (Wildman–Crippen MR) is 105 cm³/mol. The zero-order valence-corrected chi connectivity index (χ0v) is 16.3. The molecule has 4 rings (SSSR count). The number of halogens is 1. The van der Waals surface area contributed by atoms with E-state index in [1.54, 1.807) is 41.1 Å². The molecular formula is C19H21ClN4O5. The number of anilines is 1. The summed E-state index contributed by atoms with van der Waals surface area (Å²) in [4.78, 5) is 13.6. The first-order valence-corrected chi connectivity index (χ1v) is 9.53. The second kappa shape index (κ2) is 8.23. The molecule has 1 saturated heterocycles. The van der Waals surface area contributed by atoms with Gasteiger partial charge in [-0.2, -0.15) is 0 Å². The Morgan fingerprint density at radius 2 is 1.97 bits per heavy atom. The number of fused-ring (bicyclic) bond motifs is 1. The van der Waals surface area contributed by atoms with Crippen LogP contribution in [-0.4, -0.2) is 54.8 Å². The first kappa shape index (κ1) is 20.0. The number of hydrogen-bond donors (Lipinski definition) is 4. The van der Waals surface area contributed by atoms with Crippen molar-refractivity contribution in [1.29, 1.82) is 0 Å². The lowest BCUT2D eigenvalue weighted by Gasteiger charge is -2.21. The van der Waals surface area contributed by atoms with Crippen molar-refractivity contribution in [2.45, 2.75) is 37.6 Å². The maximum absolute atomic E-state index is 10.7. The third-order valence-electron chi connectivity index (χ3n) is 4.89. The lowest BCUT2D eigenvalue weighted by molar-refractivity contribution is -0.0848. The summed E-state index contributed by atoms with van der Waals surface area (Å²) in [6, 6.07) is 8.32. The second-order valence-corrected chi connectivity index (χ2v) is 7.12. The maximum atomic E-state index is 10.7. The summed E-state index contributed by atoms with van der Waals surface area (Å²) >= 11 is 5.89. The van der Waals surface area contributed by atoms with E-state index >= 15 is 0 Å². The molecule has 29 heavy (non-hydrogen) atoms. The van der Waals surface area contributed by atoms with E-state index in [-0.39, 0.29) is 0 Å². The molecule has 1 aromatic carbocycles. The van der Waals surface area contributed by atoms with E-state index < -0.39 is 30.6 Å². The van der Waals surface area contributed by atoms with Crippen LogP contribution in [0.15, 0.2) is 42.9 Å². The molecule has 1 fully saturated rings. The molecule has 5 atom stereocenters. The van der Waals surface area contributed by atoms with Crippen LogP contribution < -0.4 is 5.48 Å². The lowest BCUT2D eigenvalue weighted by Crippen LogP contribution is -2.34. The zero-order chi connectivity index (χ0) is 20.5. The normalized spacial score (nSPS) is 25.4. The van der Waals surface area contributed by atoms with Gasteiger partial charge in [-0.25, -0.2) is 15.4 Å². The third-order valence-corrected chi connectivity index (χ3v) is 5.15. The lowest BCUT2D eigenvalue weighted by atomic mass is 9.99. The van der Waals surface area contributed by atoms with Crippen LogP contribution in [0.4, 0.5) is 5.82 Å². The Bertz CT molecular complexity index is 982. The molecule has 10 heteroatoms. The van der Waals surface area contributed by atoms with Gasteiger partial charge in [-0.1, -0.05) is 23.7 Å². The first-order valence-electron chi connectivity index (χ1n) is 9.15. The van der Waals surface area contributed by atoms with Crippen LogP contribution in [0.5, 0.6) is 0 Å². The maximum Gasteiger partial charge on any atom is 0.164 e. The Kier molecular flexibility index (Phi) is 5.68. The van der Waals surface area contributed by atoms with Crippen LogP contribution in [0.3, 0.4) is 0 Å². The highest BCUT2D eigenvalue weighted by Crippen LogP contribution is 2.38. The van der Waals surface area contributed by atoms with Gasteiger partial charge in [0.1, 0.15) is 36.4 Å². The number of ether oxygens (including phenoxy) is 1. The molecule has 0 spiro atoms. The molecule has 0 radical (unpaired) electrons. The van der Waals surface area contributed by atoms with E-state index in [9.17, 15) is 15.3 Å². The average Bonchev–Trinajstić information content (AvgIpc) is 3.28. The molecule has 4 N–H and O–H groups in total. The van der Waals surface area contributed by atoms with Gasteiger partial charge in [0, 0.05) is 11.2 Å². The van der Waals surface area contributed by atoms with Crippen LogP contribution in [0.25, 0.3) is 11.0 Å². The summed E-state index contributed by atoms with van der Waals surface area (Å²) in [7, 11) is 0. The molecule has 9 nitrogen and oxygen atoms in total. The van der Waals surface area contributed by atoms with Crippen molar-refractivity contribution in [3.05, 3.63) is 53.4 Å². The highest BCUT2D eigenvalue weighted by atomic mass is 35.5. The van der Waals surface area contributed by atoms with E-state index in [1.165, 1.54) is 6.33 Å². The molecule has 0 amide bonds. The van der Waals surface area contributed by atoms with Crippen LogP contribution >= 0.6 is 11.6 Å². The quantitative estimate of drug-likeness (QED) is 0.445. The molecule has 3 heterocycles. The van der Waals surface area contributed by atoms with Crippen LogP contribution in [0.2, 0.25) is 5.02 Å². The van der Waals surface area contributed by atoms with Gasteiger partial charge in [0.25, 0.3) is 0 Å². The van der Waals surface area contributed by atoms with Crippen molar-refractivity contribution in [2.24, 2.45) is 0 Å². The first-order chi connectivity index (χ1) is 14.0. The highest BCUT2D eigenvalue weighted by molar-refractivity contribution is 6.30. The zero-order valence-electron chi connectivity index (χ0n) is 15.5. The number of nitrogens with zero attached hydrogens (tertiary/aromatic N) is 3. The number of hydrogen-bond acceptors (Lipinski definition) is 8. The third kappa shape index (κ3) is 3.68. The number of aromatic nitrogens is 3. The topological polar surface area (TPSA) is 122 Å². The Hall–Kier alpha value is -2.27. The van der Waals surface area contributed by atoms with Gasteiger partial charge in [-0.05, 0) is 30.7 Å². The fraction of sp³-hybridized carbons (Fsp3) is 0.368. The van der Waals surface area contributed by atoms with Crippen LogP contribution in [-0.2, 0) is 9.57 Å². The fourth-order valence-electron chi connectivity index (χ4n) is 3.42. The minimum atomic E-state index is -1.30. The molecule has 0 saturated carbocycles. The molecule has 0 bridgehead atoms. The molecule has 0 unspecified atom stereocenters. The van der Waals surface area contributed by atoms with E-state index in [4.69, 9.17) is 21.2 Å². The number of rotatable bonds is 6. The highest BCUT2D eigenvalue weighted by Gasteiger charge is 2.47. The van der Waals surface area contributed by atoms with Crippen molar-refractivity contribution in [1.82, 2.24) is 14.5 Å². The minimum Gasteiger partial charge on any atom is -0.387 e. The van der Waals surface area contributed by atoms with Crippen molar-refractivity contribution in [3.63, 3.8) is 0 Å². The molecule has 154 valence electrons. The summed E-state index contributed by atoms with van der Waals surface area (Å²) in [6.07, 6.45) is -2.65. The smallest absolute Gasteiger partial charge is 0.164 e. The number of aliphatic hydroxyl groups excluding tert-OH is 3. The monoisotopic (exact) mass is 420 g/mol. The molecular weight excluding hydrogens is 400 g/mol. The molecule has 1 aliphatic rings. The minimum absolute atomic E-state index is 0.452. The summed E-state index contributed by atoms with van der Waals surface area (Å²) < 4.78 is 7.47. The van der Waals surface area contributed by atoms with Gasteiger partial charge in [0.15, 0.2) is 12.0 Å². The van der Waals surface area contributed by atoms with Crippen molar-refractivity contribution in [2.75, 3.05) is 12.1 Å². The van der Waals surface area contributed by atoms with Gasteiger partial charge >= 0.3 is 0 Å². The Labute approximate surface area is 171 Å². The van der Waals surface area contributed by atoms with Crippen molar-refractivity contribution in [3.8, 4) is 0 Å². The van der Waals surface area contributed by atoms with E-state index in [2.05, 4.69) is 15.4 Å². The van der Waals surface area contributed by atoms with Gasteiger partial charge in [-0.3, -0.25) is 4.84 Å². The molecule has 1 aliphatic heterocycles. The Balaban J connectivity index is 1.62. The van der Waals surface area contributed by atoms with Gasteiger partial charge in [-0.15, -0.1) is 0 Å². The van der Waals surface area contributed by atoms with Gasteiger partial charge < -0.3 is 24.6 Å². The van der Waals surface area contributed by atoms with E-state index in [1.807, 2.05) is 6.92 Å². The molecule has 0 aliphatic carbocycles. The van der Waals surface area contributed by atoms with E-state index in [0.717, 1.165) is 0 Å². The predicted octanol–water partition coefficient (Wildman–Crippen LogP) is 1.80. The second-order valence-electron chi connectivity index (χ2n) is 6.69. The molecule has 3 aromatic rings. The number of nitrogens with one attached hydrogen (secondary N) is 1. The van der Waals surface area contributed by atoms with Gasteiger partial charge in [0.2, 0.25) is 0 Å². The summed E-state index contributed by atoms with van der Waals surface area (Å²) in [5, 5.41) is 33.0. The van der Waals surface area contributed by atoms with Gasteiger partial charge in [0.05, 0.1) is 12.0 Å². The van der Waals surface area contributed by atoms with Crippen molar-refractivity contribution >= 4 is 28.5 Å². The summed E-state index contributed by atoms with van der Waals surface area (Å²) in [6.45, 7) is 2.29. The summed E-state index contributed by atoms with van der Waals surface area (Å²) in [5.74, 6) is 0.474. The number of aliphatic hydroxyl groups is 3. The average molecular weight is 421 g/mol.